The quantitative estimate of drug-likeness (QED) is 0.680. The smallest absolute Gasteiger partial charge is 0.231 e. The summed E-state index contributed by atoms with van der Waals surface area (Å²) in [6.45, 7) is 2.77. The molecule has 2 aromatic heterocycles. The molecule has 0 spiro atoms. The average molecular weight is 299 g/mol. The van der Waals surface area contributed by atoms with Gasteiger partial charge in [0.2, 0.25) is 5.91 Å². The Bertz CT molecular complexity index is 786. The fourth-order valence-corrected chi connectivity index (χ4v) is 4.87. The van der Waals surface area contributed by atoms with Gasteiger partial charge in [-0.3, -0.25) is 4.79 Å². The van der Waals surface area contributed by atoms with Gasteiger partial charge in [0.05, 0.1) is 6.42 Å². The minimum absolute atomic E-state index is 0.215. The number of carbonyl (C=O) groups is 1. The molecule has 0 N–H and O–H groups in total. The molecule has 0 saturated carbocycles. The summed E-state index contributed by atoms with van der Waals surface area (Å²) in [5.41, 5.74) is 3.45. The number of thiophene rings is 2. The molecule has 3 heterocycles. The zero-order valence-corrected chi connectivity index (χ0v) is 12.7. The van der Waals surface area contributed by atoms with Crippen LogP contribution in [0.5, 0.6) is 0 Å². The van der Waals surface area contributed by atoms with Gasteiger partial charge >= 0.3 is 0 Å². The first-order chi connectivity index (χ1) is 9.76. The van der Waals surface area contributed by atoms with Gasteiger partial charge in [0.25, 0.3) is 0 Å². The van der Waals surface area contributed by atoms with Crippen LogP contribution >= 0.6 is 22.7 Å². The van der Waals surface area contributed by atoms with Crippen molar-refractivity contribution in [3.63, 3.8) is 0 Å². The molecule has 0 unspecified atom stereocenters. The monoisotopic (exact) mass is 299 g/mol. The standard InChI is InChI=1S/C16H13NOS2/c1-2-17-12-7-11(4-3-10(12)8-16(17)18)14-9-15-13(20-14)5-6-19-15/h3-7,9H,2,8H2,1H3. The Morgan fingerprint density at radius 3 is 2.90 bits per heavy atom. The van der Waals surface area contributed by atoms with E-state index in [0.29, 0.717) is 6.42 Å². The van der Waals surface area contributed by atoms with Crippen molar-refractivity contribution < 1.29 is 4.79 Å². The molecule has 0 atom stereocenters. The predicted octanol–water partition coefficient (Wildman–Crippen LogP) is 4.54. The molecule has 2 nitrogen and oxygen atoms in total. The molecule has 1 amide bonds. The Balaban J connectivity index is 1.82. The fourth-order valence-electron chi connectivity index (χ4n) is 2.77. The van der Waals surface area contributed by atoms with Gasteiger partial charge in [0, 0.05) is 26.5 Å². The van der Waals surface area contributed by atoms with Gasteiger partial charge < -0.3 is 4.90 Å². The Morgan fingerprint density at radius 2 is 2.10 bits per heavy atom. The van der Waals surface area contributed by atoms with Crippen LogP contribution < -0.4 is 4.90 Å². The third-order valence-corrected chi connectivity index (χ3v) is 5.90. The summed E-state index contributed by atoms with van der Waals surface area (Å²) >= 11 is 3.60. The highest BCUT2D eigenvalue weighted by Gasteiger charge is 2.26. The topological polar surface area (TPSA) is 20.3 Å². The number of nitrogens with zero attached hydrogens (tertiary/aromatic N) is 1. The normalized spacial score (nSPS) is 14.2. The highest BCUT2D eigenvalue weighted by atomic mass is 32.1. The minimum atomic E-state index is 0.215. The van der Waals surface area contributed by atoms with Crippen LogP contribution in [0.25, 0.3) is 19.8 Å². The molecule has 0 fully saturated rings. The molecule has 1 aliphatic heterocycles. The molecule has 4 rings (SSSR count). The van der Waals surface area contributed by atoms with E-state index in [2.05, 4.69) is 35.7 Å². The van der Waals surface area contributed by atoms with Crippen LogP contribution in [0.1, 0.15) is 12.5 Å². The zero-order chi connectivity index (χ0) is 13.7. The minimum Gasteiger partial charge on any atom is -0.312 e. The molecule has 0 radical (unpaired) electrons. The summed E-state index contributed by atoms with van der Waals surface area (Å²) < 4.78 is 2.68. The van der Waals surface area contributed by atoms with Gasteiger partial charge in [-0.15, -0.1) is 22.7 Å². The van der Waals surface area contributed by atoms with Crippen LogP contribution in [-0.4, -0.2) is 12.5 Å². The lowest BCUT2D eigenvalue weighted by Gasteiger charge is -2.15. The molecule has 1 aliphatic rings. The fraction of sp³-hybridized carbons (Fsp3) is 0.188. The molecular weight excluding hydrogens is 286 g/mol. The third-order valence-electron chi connectivity index (χ3n) is 3.76. The number of fused-ring (bicyclic) bond motifs is 2. The van der Waals surface area contributed by atoms with Crippen LogP contribution in [0.3, 0.4) is 0 Å². The first-order valence-electron chi connectivity index (χ1n) is 6.67. The summed E-state index contributed by atoms with van der Waals surface area (Å²) in [6.07, 6.45) is 0.545. The first kappa shape index (κ1) is 12.1. The van der Waals surface area contributed by atoms with Crippen LogP contribution in [0.15, 0.2) is 35.7 Å². The van der Waals surface area contributed by atoms with Gasteiger partial charge in [0.1, 0.15) is 0 Å². The van der Waals surface area contributed by atoms with Crippen molar-refractivity contribution in [2.75, 3.05) is 11.4 Å². The van der Waals surface area contributed by atoms with Gasteiger partial charge in [-0.1, -0.05) is 12.1 Å². The lowest BCUT2D eigenvalue weighted by atomic mass is 10.1. The Morgan fingerprint density at radius 1 is 1.20 bits per heavy atom. The molecule has 0 saturated heterocycles. The lowest BCUT2D eigenvalue weighted by molar-refractivity contribution is -0.117. The van der Waals surface area contributed by atoms with Gasteiger partial charge in [0.15, 0.2) is 0 Å². The van der Waals surface area contributed by atoms with Crippen molar-refractivity contribution in [2.45, 2.75) is 13.3 Å². The number of hydrogen-bond donors (Lipinski definition) is 0. The molecular formula is C16H13NOS2. The van der Waals surface area contributed by atoms with Gasteiger partial charge in [-0.05, 0) is 41.6 Å². The van der Waals surface area contributed by atoms with Gasteiger partial charge in [-0.25, -0.2) is 0 Å². The summed E-state index contributed by atoms with van der Waals surface area (Å²) in [4.78, 5) is 15.1. The van der Waals surface area contributed by atoms with E-state index in [1.165, 1.54) is 19.8 Å². The number of rotatable bonds is 2. The maximum absolute atomic E-state index is 11.9. The van der Waals surface area contributed by atoms with Crippen molar-refractivity contribution in [1.29, 1.82) is 0 Å². The van der Waals surface area contributed by atoms with Crippen LogP contribution in [-0.2, 0) is 11.2 Å². The number of hydrogen-bond acceptors (Lipinski definition) is 3. The van der Waals surface area contributed by atoms with Crippen molar-refractivity contribution in [3.8, 4) is 10.4 Å². The van der Waals surface area contributed by atoms with Crippen molar-refractivity contribution in [2.24, 2.45) is 0 Å². The summed E-state index contributed by atoms with van der Waals surface area (Å²) in [6, 6.07) is 10.8. The second-order valence-electron chi connectivity index (χ2n) is 4.92. The second-order valence-corrected chi connectivity index (χ2v) is 6.95. The average Bonchev–Trinajstić information content (AvgIpc) is 3.08. The number of benzene rings is 1. The highest BCUT2D eigenvalue weighted by molar-refractivity contribution is 7.28. The highest BCUT2D eigenvalue weighted by Crippen LogP contribution is 2.39. The van der Waals surface area contributed by atoms with E-state index in [9.17, 15) is 4.79 Å². The largest absolute Gasteiger partial charge is 0.312 e. The van der Waals surface area contributed by atoms with E-state index in [4.69, 9.17) is 0 Å². The molecule has 100 valence electrons. The zero-order valence-electron chi connectivity index (χ0n) is 11.1. The molecule has 4 heteroatoms. The third kappa shape index (κ3) is 1.72. The van der Waals surface area contributed by atoms with Gasteiger partial charge in [-0.2, -0.15) is 0 Å². The summed E-state index contributed by atoms with van der Waals surface area (Å²) in [7, 11) is 0. The van der Waals surface area contributed by atoms with E-state index >= 15 is 0 Å². The number of likely N-dealkylation sites (N-methyl/N-ethyl adjacent to an activating group) is 1. The molecule has 0 bridgehead atoms. The van der Waals surface area contributed by atoms with E-state index < -0.39 is 0 Å². The second kappa shape index (κ2) is 4.43. The Kier molecular flexibility index (Phi) is 2.69. The van der Waals surface area contributed by atoms with Crippen LogP contribution in [0.2, 0.25) is 0 Å². The van der Waals surface area contributed by atoms with E-state index in [1.54, 1.807) is 11.3 Å². The van der Waals surface area contributed by atoms with E-state index in [0.717, 1.165) is 17.8 Å². The summed E-state index contributed by atoms with van der Waals surface area (Å²) in [5, 5.41) is 2.13. The Hall–Kier alpha value is -1.65. The van der Waals surface area contributed by atoms with Crippen molar-refractivity contribution in [3.05, 3.63) is 41.3 Å². The van der Waals surface area contributed by atoms with E-state index in [-0.39, 0.29) is 5.91 Å². The molecule has 0 aliphatic carbocycles. The Labute approximate surface area is 125 Å². The maximum Gasteiger partial charge on any atom is 0.231 e. The number of carbonyl (C=O) groups excluding carboxylic acids is 1. The molecule has 20 heavy (non-hydrogen) atoms. The molecule has 3 aromatic rings. The number of amides is 1. The van der Waals surface area contributed by atoms with Crippen molar-refractivity contribution >= 4 is 43.7 Å². The summed E-state index contributed by atoms with van der Waals surface area (Å²) in [5.74, 6) is 0.215. The van der Waals surface area contributed by atoms with Crippen LogP contribution in [0.4, 0.5) is 5.69 Å². The van der Waals surface area contributed by atoms with E-state index in [1.807, 2.05) is 23.2 Å². The SMILES string of the molecule is CCN1C(=O)Cc2ccc(-c3cc4sccc4s3)cc21. The predicted molar refractivity (Wildman–Crippen MR) is 86.9 cm³/mol. The van der Waals surface area contributed by atoms with Crippen LogP contribution in [0, 0.1) is 0 Å². The molecule has 1 aromatic carbocycles. The lowest BCUT2D eigenvalue weighted by Crippen LogP contribution is -2.25. The van der Waals surface area contributed by atoms with Crippen molar-refractivity contribution in [1.82, 2.24) is 0 Å². The number of anilines is 1. The maximum atomic E-state index is 11.9. The first-order valence-corrected chi connectivity index (χ1v) is 8.36.